The Morgan fingerprint density at radius 2 is 1.75 bits per heavy atom. The first kappa shape index (κ1) is 29.3. The minimum Gasteiger partial charge on any atom is -0.493 e. The van der Waals surface area contributed by atoms with Crippen molar-refractivity contribution in [1.82, 2.24) is 9.80 Å². The Labute approximate surface area is 235 Å². The number of hydrogen-bond acceptors (Lipinski definition) is 5. The number of carbonyl (C=O) groups excluding carboxylic acids is 2. The van der Waals surface area contributed by atoms with E-state index in [0.29, 0.717) is 43.9 Å². The number of ether oxygens (including phenoxy) is 2. The summed E-state index contributed by atoms with van der Waals surface area (Å²) in [7, 11) is 3.12. The van der Waals surface area contributed by atoms with E-state index in [2.05, 4.69) is 5.32 Å². The molecule has 0 spiro atoms. The van der Waals surface area contributed by atoms with Gasteiger partial charge < -0.3 is 24.6 Å². The Hall–Kier alpha value is -3.73. The fraction of sp³-hybridized carbons (Fsp3) is 0.379. The van der Waals surface area contributed by atoms with E-state index in [1.165, 1.54) is 23.1 Å². The van der Waals surface area contributed by atoms with Crippen LogP contribution in [-0.4, -0.2) is 55.1 Å². The van der Waals surface area contributed by atoms with Gasteiger partial charge in [-0.15, -0.1) is 11.3 Å². The van der Waals surface area contributed by atoms with E-state index < -0.39 is 17.8 Å². The number of alkyl halides is 3. The lowest BCUT2D eigenvalue weighted by molar-refractivity contribution is -0.137. The van der Waals surface area contributed by atoms with E-state index in [-0.39, 0.29) is 24.2 Å². The number of amides is 3. The van der Waals surface area contributed by atoms with Gasteiger partial charge in [-0.3, -0.25) is 4.79 Å². The molecule has 1 aliphatic rings. The number of halogens is 3. The molecule has 0 aliphatic heterocycles. The van der Waals surface area contributed by atoms with Crippen LogP contribution in [0.1, 0.15) is 33.7 Å². The maximum atomic E-state index is 13.6. The molecular formula is C29H32F3N3O4S. The lowest BCUT2D eigenvalue weighted by Crippen LogP contribution is -2.46. The van der Waals surface area contributed by atoms with E-state index in [4.69, 9.17) is 9.47 Å². The van der Waals surface area contributed by atoms with E-state index >= 15 is 0 Å². The molecule has 0 atom stereocenters. The molecule has 1 aromatic heterocycles. The number of thiophene rings is 1. The molecule has 1 aliphatic carbocycles. The molecule has 7 nitrogen and oxygen atoms in total. The molecule has 0 unspecified atom stereocenters. The number of hydrogen-bond donors (Lipinski definition) is 1. The van der Waals surface area contributed by atoms with Crippen molar-refractivity contribution in [3.63, 3.8) is 0 Å². The summed E-state index contributed by atoms with van der Waals surface area (Å²) >= 11 is 1.59. The van der Waals surface area contributed by atoms with Gasteiger partial charge in [-0.25, -0.2) is 4.79 Å². The van der Waals surface area contributed by atoms with Gasteiger partial charge in [0.15, 0.2) is 11.5 Å². The first-order chi connectivity index (χ1) is 19.1. The summed E-state index contributed by atoms with van der Waals surface area (Å²) in [5.74, 6) is 0.909. The van der Waals surface area contributed by atoms with Crippen LogP contribution in [0, 0.1) is 6.92 Å². The molecule has 0 bridgehead atoms. The largest absolute Gasteiger partial charge is 0.493 e. The monoisotopic (exact) mass is 575 g/mol. The van der Waals surface area contributed by atoms with Gasteiger partial charge in [-0.2, -0.15) is 13.2 Å². The van der Waals surface area contributed by atoms with Gasteiger partial charge in [-0.05, 0) is 68.1 Å². The average molecular weight is 576 g/mol. The van der Waals surface area contributed by atoms with E-state index in [1.54, 1.807) is 36.5 Å². The van der Waals surface area contributed by atoms with Gasteiger partial charge in [0.05, 0.1) is 32.0 Å². The summed E-state index contributed by atoms with van der Waals surface area (Å²) in [5, 5.41) is 2.39. The van der Waals surface area contributed by atoms with Crippen LogP contribution in [0.5, 0.6) is 11.5 Å². The SMILES string of the molecule is COc1ccc(CCN(Cc2ccc(C)s2)C(=O)CN(C(=O)Nc2ccccc2C(F)(F)F)C2CC2)cc1OC. The first-order valence-electron chi connectivity index (χ1n) is 12.9. The van der Waals surface area contributed by atoms with Crippen molar-refractivity contribution in [2.45, 2.75) is 44.9 Å². The lowest BCUT2D eigenvalue weighted by Gasteiger charge is -2.28. The number of nitrogens with one attached hydrogen (secondary N) is 1. The molecule has 0 saturated heterocycles. The second-order valence-electron chi connectivity index (χ2n) is 9.60. The minimum absolute atomic E-state index is 0.196. The van der Waals surface area contributed by atoms with Crippen molar-refractivity contribution in [3.8, 4) is 11.5 Å². The van der Waals surface area contributed by atoms with Crippen molar-refractivity contribution < 1.29 is 32.2 Å². The number of nitrogens with zero attached hydrogens (tertiary/aromatic N) is 2. The van der Waals surface area contributed by atoms with Gasteiger partial charge in [0.1, 0.15) is 6.54 Å². The Morgan fingerprint density at radius 1 is 1.02 bits per heavy atom. The molecule has 1 fully saturated rings. The van der Waals surface area contributed by atoms with Crippen LogP contribution in [0.3, 0.4) is 0 Å². The van der Waals surface area contributed by atoms with Gasteiger partial charge in [0.25, 0.3) is 0 Å². The lowest BCUT2D eigenvalue weighted by atomic mass is 10.1. The van der Waals surface area contributed by atoms with Crippen LogP contribution >= 0.6 is 11.3 Å². The third kappa shape index (κ3) is 7.47. The molecule has 1 heterocycles. The fourth-order valence-electron chi connectivity index (χ4n) is 4.38. The Bertz CT molecular complexity index is 1340. The number of para-hydroxylation sites is 1. The molecule has 1 saturated carbocycles. The molecule has 3 aromatic rings. The number of rotatable bonds is 11. The summed E-state index contributed by atoms with van der Waals surface area (Å²) in [6, 6.07) is 13.4. The third-order valence-corrected chi connectivity index (χ3v) is 7.63. The van der Waals surface area contributed by atoms with Gasteiger partial charge in [-0.1, -0.05) is 18.2 Å². The molecule has 4 rings (SSSR count). The Morgan fingerprint density at radius 3 is 2.38 bits per heavy atom. The van der Waals surface area contributed by atoms with Gasteiger partial charge in [0, 0.05) is 22.3 Å². The van der Waals surface area contributed by atoms with Crippen molar-refractivity contribution in [2.24, 2.45) is 0 Å². The number of aryl methyl sites for hydroxylation is 1. The molecule has 2 aromatic carbocycles. The molecule has 11 heteroatoms. The van der Waals surface area contributed by atoms with Crippen LogP contribution in [0.4, 0.5) is 23.7 Å². The molecule has 3 amide bonds. The highest BCUT2D eigenvalue weighted by atomic mass is 32.1. The van der Waals surface area contributed by atoms with Crippen LogP contribution in [-0.2, 0) is 23.9 Å². The third-order valence-electron chi connectivity index (χ3n) is 6.64. The maximum absolute atomic E-state index is 13.6. The summed E-state index contributed by atoms with van der Waals surface area (Å²) < 4.78 is 51.1. The number of urea groups is 1. The zero-order valence-corrected chi connectivity index (χ0v) is 23.4. The first-order valence-corrected chi connectivity index (χ1v) is 13.7. The van der Waals surface area contributed by atoms with Crippen LogP contribution in [0.25, 0.3) is 0 Å². The number of methoxy groups -OCH3 is 2. The summed E-state index contributed by atoms with van der Waals surface area (Å²) in [6.45, 7) is 2.49. The normalized spacial score (nSPS) is 13.1. The second-order valence-corrected chi connectivity index (χ2v) is 11.0. The second kappa shape index (κ2) is 12.6. The maximum Gasteiger partial charge on any atom is 0.418 e. The standard InChI is InChI=1S/C29H32F3N3O4S/c1-19-8-12-22(40-19)17-34(15-14-20-9-13-25(38-2)26(16-20)39-3)27(36)18-35(21-10-11-21)28(37)33-24-7-5-4-6-23(24)29(30,31)32/h4-9,12-13,16,21H,10-11,14-15,17-18H2,1-3H3,(H,33,37). The highest BCUT2D eigenvalue weighted by molar-refractivity contribution is 7.11. The van der Waals surface area contributed by atoms with E-state index in [1.807, 2.05) is 31.2 Å². The topological polar surface area (TPSA) is 71.1 Å². The van der Waals surface area contributed by atoms with Crippen molar-refractivity contribution >= 4 is 29.0 Å². The van der Waals surface area contributed by atoms with Crippen LogP contribution in [0.15, 0.2) is 54.6 Å². The van der Waals surface area contributed by atoms with E-state index in [9.17, 15) is 22.8 Å². The van der Waals surface area contributed by atoms with Crippen LogP contribution in [0.2, 0.25) is 0 Å². The van der Waals surface area contributed by atoms with Gasteiger partial charge >= 0.3 is 12.2 Å². The quantitative estimate of drug-likeness (QED) is 0.289. The zero-order valence-electron chi connectivity index (χ0n) is 22.6. The summed E-state index contributed by atoms with van der Waals surface area (Å²) in [5.41, 5.74) is -0.328. The highest BCUT2D eigenvalue weighted by Gasteiger charge is 2.37. The molecule has 1 N–H and O–H groups in total. The van der Waals surface area contributed by atoms with Crippen LogP contribution < -0.4 is 14.8 Å². The number of benzene rings is 2. The van der Waals surface area contributed by atoms with Crippen molar-refractivity contribution in [3.05, 3.63) is 75.5 Å². The Kier molecular flexibility index (Phi) is 9.24. The average Bonchev–Trinajstić information content (AvgIpc) is 3.69. The molecule has 40 heavy (non-hydrogen) atoms. The summed E-state index contributed by atoms with van der Waals surface area (Å²) in [4.78, 5) is 31.9. The van der Waals surface area contributed by atoms with Crippen molar-refractivity contribution in [1.29, 1.82) is 0 Å². The molecule has 0 radical (unpaired) electrons. The van der Waals surface area contributed by atoms with Crippen molar-refractivity contribution in [2.75, 3.05) is 32.6 Å². The summed E-state index contributed by atoms with van der Waals surface area (Å²) in [6.07, 6.45) is -2.70. The smallest absolute Gasteiger partial charge is 0.418 e. The Balaban J connectivity index is 1.50. The molecule has 214 valence electrons. The predicted octanol–water partition coefficient (Wildman–Crippen LogP) is 6.36. The van der Waals surface area contributed by atoms with E-state index in [0.717, 1.165) is 21.4 Å². The highest BCUT2D eigenvalue weighted by Crippen LogP contribution is 2.35. The zero-order chi connectivity index (χ0) is 28.9. The fourth-order valence-corrected chi connectivity index (χ4v) is 5.28. The minimum atomic E-state index is -4.62. The molecular weight excluding hydrogens is 543 g/mol. The van der Waals surface area contributed by atoms with Gasteiger partial charge in [0.2, 0.25) is 5.91 Å². The number of anilines is 1. The number of carbonyl (C=O) groups is 2. The predicted molar refractivity (Wildman–Crippen MR) is 148 cm³/mol.